The van der Waals surface area contributed by atoms with Crippen LogP contribution in [0, 0.1) is 5.82 Å². The summed E-state index contributed by atoms with van der Waals surface area (Å²) in [5.41, 5.74) is 2.02. The van der Waals surface area contributed by atoms with Gasteiger partial charge in [-0.3, -0.25) is 0 Å². The highest BCUT2D eigenvalue weighted by molar-refractivity contribution is 5.31. The number of benzene rings is 1. The highest BCUT2D eigenvalue weighted by Gasteiger charge is 2.43. The number of hydrogen-bond donors (Lipinski definition) is 1. The molecule has 0 heterocycles. The quantitative estimate of drug-likeness (QED) is 0.822. The molecule has 0 spiro atoms. The van der Waals surface area contributed by atoms with Gasteiger partial charge >= 0.3 is 12.4 Å². The van der Waals surface area contributed by atoms with Gasteiger partial charge in [0.25, 0.3) is 0 Å². The molecule has 1 nitrogen and oxygen atoms in total. The summed E-state index contributed by atoms with van der Waals surface area (Å²) in [6.45, 7) is -1.03. The van der Waals surface area contributed by atoms with Crippen molar-refractivity contribution in [3.05, 3.63) is 35.1 Å². The summed E-state index contributed by atoms with van der Waals surface area (Å²) in [5.74, 6) is -4.39. The van der Waals surface area contributed by atoms with Crippen LogP contribution in [0.1, 0.15) is 17.0 Å². The van der Waals surface area contributed by atoms with Crippen molar-refractivity contribution in [2.45, 2.75) is 18.3 Å². The lowest BCUT2D eigenvalue weighted by Crippen LogP contribution is -2.29. The summed E-state index contributed by atoms with van der Waals surface area (Å²) < 4.78 is 87.9. The lowest BCUT2D eigenvalue weighted by atomic mass is 9.95. The van der Waals surface area contributed by atoms with Gasteiger partial charge in [-0.25, -0.2) is 4.39 Å². The summed E-state index contributed by atoms with van der Waals surface area (Å²) in [6, 6.07) is 1.74. The number of hydrogen-bond acceptors (Lipinski definition) is 1. The fourth-order valence-electron chi connectivity index (χ4n) is 1.47. The van der Waals surface area contributed by atoms with Crippen LogP contribution in [0.5, 0.6) is 0 Å². The first-order valence-corrected chi connectivity index (χ1v) is 4.71. The van der Waals surface area contributed by atoms with E-state index in [4.69, 9.17) is 5.73 Å². The summed E-state index contributed by atoms with van der Waals surface area (Å²) in [5, 5.41) is 0. The normalized spacial score (nSPS) is 14.7. The van der Waals surface area contributed by atoms with E-state index in [0.717, 1.165) is 6.07 Å². The van der Waals surface area contributed by atoms with Crippen LogP contribution < -0.4 is 5.73 Å². The Morgan fingerprint density at radius 1 is 1.06 bits per heavy atom. The van der Waals surface area contributed by atoms with Crippen molar-refractivity contribution in [2.24, 2.45) is 5.73 Å². The van der Waals surface area contributed by atoms with Crippen LogP contribution in [0.25, 0.3) is 0 Å². The largest absolute Gasteiger partial charge is 0.419 e. The predicted molar refractivity (Wildman–Crippen MR) is 49.3 cm³/mol. The number of alkyl halides is 6. The van der Waals surface area contributed by atoms with Crippen LogP contribution >= 0.6 is 0 Å². The first kappa shape index (κ1) is 14.7. The van der Waals surface area contributed by atoms with Crippen LogP contribution in [0.3, 0.4) is 0 Å². The van der Waals surface area contributed by atoms with Crippen molar-refractivity contribution in [3.63, 3.8) is 0 Å². The van der Waals surface area contributed by atoms with Crippen molar-refractivity contribution in [3.8, 4) is 0 Å². The number of halogens is 7. The van der Waals surface area contributed by atoms with Crippen LogP contribution in [0.15, 0.2) is 18.2 Å². The molecule has 1 aromatic carbocycles. The minimum absolute atomic E-state index is 0.378. The second-order valence-corrected chi connectivity index (χ2v) is 3.54. The molecule has 8 heteroatoms. The Hall–Kier alpha value is -1.31. The van der Waals surface area contributed by atoms with Gasteiger partial charge in [-0.15, -0.1) is 0 Å². The Balaban J connectivity index is 3.35. The van der Waals surface area contributed by atoms with Crippen LogP contribution in [-0.4, -0.2) is 12.7 Å². The second kappa shape index (κ2) is 4.75. The smallest absolute Gasteiger partial charge is 0.330 e. The molecule has 0 amide bonds. The van der Waals surface area contributed by atoms with Gasteiger partial charge in [0.2, 0.25) is 0 Å². The van der Waals surface area contributed by atoms with Gasteiger partial charge in [0, 0.05) is 12.1 Å². The molecule has 0 saturated carbocycles. The van der Waals surface area contributed by atoms with Crippen LogP contribution in [-0.2, 0) is 6.18 Å². The molecule has 18 heavy (non-hydrogen) atoms. The summed E-state index contributed by atoms with van der Waals surface area (Å²) in [7, 11) is 0. The maximum atomic E-state index is 13.5. The Bertz CT molecular complexity index is 421. The zero-order valence-electron chi connectivity index (χ0n) is 8.74. The summed E-state index contributed by atoms with van der Waals surface area (Å²) in [6.07, 6.45) is -9.95. The minimum Gasteiger partial charge on any atom is -0.330 e. The minimum atomic E-state index is -5.05. The van der Waals surface area contributed by atoms with E-state index in [9.17, 15) is 30.7 Å². The lowest BCUT2D eigenvalue weighted by Gasteiger charge is -2.21. The van der Waals surface area contributed by atoms with Crippen molar-refractivity contribution in [2.75, 3.05) is 6.54 Å². The standard InChI is InChI=1S/C10H8F7N/c11-8-5(7(4-18)10(15,16)17)2-1-3-6(8)9(12,13)14/h1-3,7H,4,18H2. The van der Waals surface area contributed by atoms with E-state index in [2.05, 4.69) is 0 Å². The fourth-order valence-corrected chi connectivity index (χ4v) is 1.47. The average Bonchev–Trinajstić information content (AvgIpc) is 2.17. The van der Waals surface area contributed by atoms with E-state index >= 15 is 0 Å². The van der Waals surface area contributed by atoms with Gasteiger partial charge in [-0.2, -0.15) is 26.3 Å². The van der Waals surface area contributed by atoms with E-state index in [1.54, 1.807) is 0 Å². The third-order valence-corrected chi connectivity index (χ3v) is 2.34. The second-order valence-electron chi connectivity index (χ2n) is 3.54. The summed E-state index contributed by atoms with van der Waals surface area (Å²) in [4.78, 5) is 0. The molecule has 0 aliphatic carbocycles. The molecular weight excluding hydrogens is 267 g/mol. The molecule has 0 aromatic heterocycles. The Morgan fingerprint density at radius 3 is 2.00 bits per heavy atom. The molecule has 0 bridgehead atoms. The highest BCUT2D eigenvalue weighted by atomic mass is 19.4. The van der Waals surface area contributed by atoms with E-state index in [0.29, 0.717) is 12.1 Å². The number of rotatable bonds is 2. The average molecular weight is 275 g/mol. The van der Waals surface area contributed by atoms with Gasteiger partial charge in [0.1, 0.15) is 5.82 Å². The molecular formula is C10H8F7N. The van der Waals surface area contributed by atoms with Gasteiger partial charge in [0.05, 0.1) is 11.5 Å². The maximum Gasteiger partial charge on any atom is 0.419 e. The first-order valence-electron chi connectivity index (χ1n) is 4.71. The van der Waals surface area contributed by atoms with Gasteiger partial charge in [-0.1, -0.05) is 12.1 Å². The Morgan fingerprint density at radius 2 is 1.61 bits per heavy atom. The van der Waals surface area contributed by atoms with E-state index in [1.165, 1.54) is 0 Å². The van der Waals surface area contributed by atoms with E-state index in [1.807, 2.05) is 0 Å². The van der Waals surface area contributed by atoms with E-state index < -0.39 is 41.8 Å². The Labute approximate surface area is 97.4 Å². The van der Waals surface area contributed by atoms with Crippen molar-refractivity contribution in [1.29, 1.82) is 0 Å². The van der Waals surface area contributed by atoms with Gasteiger partial charge < -0.3 is 5.73 Å². The molecule has 102 valence electrons. The molecule has 1 aromatic rings. The molecule has 0 fully saturated rings. The molecule has 1 atom stereocenters. The van der Waals surface area contributed by atoms with Crippen molar-refractivity contribution < 1.29 is 30.7 Å². The predicted octanol–water partition coefficient (Wildman–Crippen LogP) is 3.45. The van der Waals surface area contributed by atoms with Crippen molar-refractivity contribution in [1.82, 2.24) is 0 Å². The van der Waals surface area contributed by atoms with Crippen LogP contribution in [0.4, 0.5) is 30.7 Å². The van der Waals surface area contributed by atoms with Gasteiger partial charge in [0.15, 0.2) is 0 Å². The third-order valence-electron chi connectivity index (χ3n) is 2.34. The SMILES string of the molecule is NCC(c1cccc(C(F)(F)F)c1F)C(F)(F)F. The molecule has 1 rings (SSSR count). The van der Waals surface area contributed by atoms with E-state index in [-0.39, 0.29) is 0 Å². The first-order chi connectivity index (χ1) is 8.09. The molecule has 0 aliphatic heterocycles. The fraction of sp³-hybridized carbons (Fsp3) is 0.400. The number of nitrogens with two attached hydrogens (primary N) is 1. The third kappa shape index (κ3) is 2.92. The maximum absolute atomic E-state index is 13.5. The lowest BCUT2D eigenvalue weighted by molar-refractivity contribution is -0.150. The highest BCUT2D eigenvalue weighted by Crippen LogP contribution is 2.39. The topological polar surface area (TPSA) is 26.0 Å². The van der Waals surface area contributed by atoms with Crippen molar-refractivity contribution >= 4 is 0 Å². The molecule has 2 N–H and O–H groups in total. The van der Waals surface area contributed by atoms with Crippen LogP contribution in [0.2, 0.25) is 0 Å². The summed E-state index contributed by atoms with van der Waals surface area (Å²) >= 11 is 0. The molecule has 1 unspecified atom stereocenters. The molecule has 0 radical (unpaired) electrons. The zero-order valence-corrected chi connectivity index (χ0v) is 8.74. The molecule has 0 saturated heterocycles. The zero-order chi connectivity index (χ0) is 14.1. The molecule has 0 aliphatic rings. The Kier molecular flexibility index (Phi) is 3.89. The van der Waals surface area contributed by atoms with Gasteiger partial charge in [-0.05, 0) is 6.07 Å². The monoisotopic (exact) mass is 275 g/mol.